The number of carboxylic acid groups (broad SMARTS) is 1. The summed E-state index contributed by atoms with van der Waals surface area (Å²) in [4.78, 5) is 15.2. The van der Waals surface area contributed by atoms with Crippen molar-refractivity contribution in [2.75, 3.05) is 6.54 Å². The van der Waals surface area contributed by atoms with Crippen molar-refractivity contribution in [3.05, 3.63) is 56.2 Å². The third-order valence-corrected chi connectivity index (χ3v) is 6.10. The molecule has 1 fully saturated rings. The van der Waals surface area contributed by atoms with Crippen LogP contribution >= 0.6 is 27.3 Å². The van der Waals surface area contributed by atoms with E-state index in [9.17, 15) is 9.90 Å². The first-order chi connectivity index (χ1) is 11.1. The van der Waals surface area contributed by atoms with Gasteiger partial charge in [0.2, 0.25) is 0 Å². The van der Waals surface area contributed by atoms with Crippen molar-refractivity contribution in [1.82, 2.24) is 4.90 Å². The average molecular weight is 394 g/mol. The van der Waals surface area contributed by atoms with Gasteiger partial charge < -0.3 is 5.11 Å². The maximum Gasteiger partial charge on any atom is 0.320 e. The van der Waals surface area contributed by atoms with Gasteiger partial charge in [-0.25, -0.2) is 0 Å². The number of hydrogen-bond donors (Lipinski definition) is 1. The molecule has 0 amide bonds. The van der Waals surface area contributed by atoms with Crippen LogP contribution in [0.5, 0.6) is 0 Å². The zero-order valence-electron chi connectivity index (χ0n) is 13.0. The van der Waals surface area contributed by atoms with Gasteiger partial charge in [0.05, 0.1) is 6.04 Å². The highest BCUT2D eigenvalue weighted by molar-refractivity contribution is 9.10. The monoisotopic (exact) mass is 393 g/mol. The Bertz CT molecular complexity index is 683. The normalized spacial score (nSPS) is 20.3. The first-order valence-electron chi connectivity index (χ1n) is 7.86. The van der Waals surface area contributed by atoms with E-state index in [2.05, 4.69) is 51.3 Å². The van der Waals surface area contributed by atoms with Gasteiger partial charge in [0.1, 0.15) is 6.04 Å². The highest BCUT2D eigenvalue weighted by Crippen LogP contribution is 2.38. The summed E-state index contributed by atoms with van der Waals surface area (Å²) in [6.07, 6.45) is 2.78. The first-order valence-corrected chi connectivity index (χ1v) is 9.53. The molecule has 0 aliphatic carbocycles. The summed E-state index contributed by atoms with van der Waals surface area (Å²) in [6, 6.07) is 9.99. The average Bonchev–Trinajstić information content (AvgIpc) is 2.96. The fourth-order valence-electron chi connectivity index (χ4n) is 3.33. The number of likely N-dealkylation sites (tertiary alicyclic amines) is 1. The summed E-state index contributed by atoms with van der Waals surface area (Å²) < 4.78 is 1.04. The Labute approximate surface area is 149 Å². The standard InChI is InChI=1S/C18H20BrNO2S/c1-12-9-11-23-17(12)16(13-5-7-14(19)8-6-13)20-10-3-2-4-15(20)18(21)22/h5-9,11,15-16H,2-4,10H2,1H3,(H,21,22). The van der Waals surface area contributed by atoms with Gasteiger partial charge in [0.15, 0.2) is 0 Å². The van der Waals surface area contributed by atoms with E-state index in [1.165, 1.54) is 10.4 Å². The smallest absolute Gasteiger partial charge is 0.320 e. The molecule has 122 valence electrons. The highest BCUT2D eigenvalue weighted by atomic mass is 79.9. The highest BCUT2D eigenvalue weighted by Gasteiger charge is 2.36. The van der Waals surface area contributed by atoms with E-state index in [-0.39, 0.29) is 6.04 Å². The second-order valence-corrected chi connectivity index (χ2v) is 7.87. The number of piperidine rings is 1. The van der Waals surface area contributed by atoms with Gasteiger partial charge in [-0.15, -0.1) is 11.3 Å². The predicted molar refractivity (Wildman–Crippen MR) is 97.0 cm³/mol. The molecule has 0 spiro atoms. The van der Waals surface area contributed by atoms with Crippen molar-refractivity contribution in [3.8, 4) is 0 Å². The van der Waals surface area contributed by atoms with Crippen molar-refractivity contribution in [2.24, 2.45) is 0 Å². The van der Waals surface area contributed by atoms with E-state index in [0.29, 0.717) is 0 Å². The van der Waals surface area contributed by atoms with Crippen molar-refractivity contribution in [2.45, 2.75) is 38.3 Å². The van der Waals surface area contributed by atoms with Crippen molar-refractivity contribution >= 4 is 33.2 Å². The van der Waals surface area contributed by atoms with E-state index in [1.807, 2.05) is 12.1 Å². The Hall–Kier alpha value is -1.17. The molecule has 3 nitrogen and oxygen atoms in total. The van der Waals surface area contributed by atoms with Crippen LogP contribution in [0.2, 0.25) is 0 Å². The van der Waals surface area contributed by atoms with Crippen molar-refractivity contribution in [3.63, 3.8) is 0 Å². The lowest BCUT2D eigenvalue weighted by atomic mass is 9.94. The zero-order valence-corrected chi connectivity index (χ0v) is 15.4. The molecule has 1 aromatic heterocycles. The minimum absolute atomic E-state index is 0.0181. The van der Waals surface area contributed by atoms with Crippen LogP contribution in [0.3, 0.4) is 0 Å². The Balaban J connectivity index is 2.06. The molecule has 1 saturated heterocycles. The first kappa shape index (κ1) is 16.7. The van der Waals surface area contributed by atoms with Crippen LogP contribution in [-0.4, -0.2) is 28.6 Å². The number of aryl methyl sites for hydroxylation is 1. The Kier molecular flexibility index (Phi) is 5.19. The van der Waals surface area contributed by atoms with E-state index in [1.54, 1.807) is 11.3 Å². The van der Waals surface area contributed by atoms with Crippen LogP contribution in [-0.2, 0) is 4.79 Å². The summed E-state index contributed by atoms with van der Waals surface area (Å²) in [5.41, 5.74) is 2.39. The van der Waals surface area contributed by atoms with Gasteiger partial charge in [-0.2, -0.15) is 0 Å². The number of aliphatic carboxylic acids is 1. The van der Waals surface area contributed by atoms with E-state index >= 15 is 0 Å². The Morgan fingerprint density at radius 3 is 2.65 bits per heavy atom. The number of carboxylic acids is 1. The molecule has 1 aromatic carbocycles. The molecule has 1 N–H and O–H groups in total. The van der Waals surface area contributed by atoms with Gasteiger partial charge in [-0.1, -0.05) is 34.5 Å². The van der Waals surface area contributed by atoms with Gasteiger partial charge in [0.25, 0.3) is 0 Å². The van der Waals surface area contributed by atoms with E-state index in [0.717, 1.165) is 35.8 Å². The van der Waals surface area contributed by atoms with E-state index in [4.69, 9.17) is 0 Å². The number of thiophene rings is 1. The fourth-order valence-corrected chi connectivity index (χ4v) is 4.67. The largest absolute Gasteiger partial charge is 0.480 e. The summed E-state index contributed by atoms with van der Waals surface area (Å²) in [5, 5.41) is 11.8. The molecule has 2 atom stereocenters. The maximum atomic E-state index is 11.8. The molecular weight excluding hydrogens is 374 g/mol. The summed E-state index contributed by atoms with van der Waals surface area (Å²) in [5.74, 6) is -0.707. The number of nitrogens with zero attached hydrogens (tertiary/aromatic N) is 1. The molecule has 0 saturated carbocycles. The third-order valence-electron chi connectivity index (χ3n) is 4.50. The molecular formula is C18H20BrNO2S. The molecule has 2 heterocycles. The second kappa shape index (κ2) is 7.16. The minimum atomic E-state index is -0.707. The number of hydrogen-bond acceptors (Lipinski definition) is 3. The Morgan fingerprint density at radius 1 is 1.30 bits per heavy atom. The molecule has 3 rings (SSSR count). The van der Waals surface area contributed by atoms with Crippen LogP contribution in [0.15, 0.2) is 40.2 Å². The number of carbonyl (C=O) groups is 1. The number of benzene rings is 1. The molecule has 5 heteroatoms. The predicted octanol–water partition coefficient (Wildman–Crippen LogP) is 4.85. The molecule has 0 bridgehead atoms. The van der Waals surface area contributed by atoms with Crippen LogP contribution in [0.1, 0.15) is 41.3 Å². The van der Waals surface area contributed by atoms with Crippen LogP contribution in [0.25, 0.3) is 0 Å². The van der Waals surface area contributed by atoms with Crippen LogP contribution < -0.4 is 0 Å². The third kappa shape index (κ3) is 3.52. The van der Waals surface area contributed by atoms with Crippen LogP contribution in [0.4, 0.5) is 0 Å². The van der Waals surface area contributed by atoms with Gasteiger partial charge in [-0.05, 0) is 61.0 Å². The minimum Gasteiger partial charge on any atom is -0.480 e. The summed E-state index contributed by atoms with van der Waals surface area (Å²) in [7, 11) is 0. The second-order valence-electron chi connectivity index (χ2n) is 6.01. The van der Waals surface area contributed by atoms with Crippen molar-refractivity contribution < 1.29 is 9.90 Å². The van der Waals surface area contributed by atoms with Gasteiger partial charge >= 0.3 is 5.97 Å². The summed E-state index contributed by atoms with van der Waals surface area (Å²) in [6.45, 7) is 2.94. The lowest BCUT2D eigenvalue weighted by Gasteiger charge is -2.39. The Morgan fingerprint density at radius 2 is 2.04 bits per heavy atom. The van der Waals surface area contributed by atoms with Crippen molar-refractivity contribution in [1.29, 1.82) is 0 Å². The molecule has 1 aliphatic rings. The topological polar surface area (TPSA) is 40.5 Å². The molecule has 1 aliphatic heterocycles. The van der Waals surface area contributed by atoms with E-state index < -0.39 is 12.0 Å². The lowest BCUT2D eigenvalue weighted by Crippen LogP contribution is -2.46. The number of halogens is 1. The number of rotatable bonds is 4. The molecule has 23 heavy (non-hydrogen) atoms. The van der Waals surface area contributed by atoms with Gasteiger partial charge in [-0.3, -0.25) is 9.69 Å². The molecule has 0 radical (unpaired) electrons. The lowest BCUT2D eigenvalue weighted by molar-refractivity contribution is -0.145. The zero-order chi connectivity index (χ0) is 16.4. The quantitative estimate of drug-likeness (QED) is 0.806. The molecule has 2 aromatic rings. The summed E-state index contributed by atoms with van der Waals surface area (Å²) >= 11 is 5.20. The fraction of sp³-hybridized carbons (Fsp3) is 0.389. The SMILES string of the molecule is Cc1ccsc1C(c1ccc(Br)cc1)N1CCCCC1C(=O)O. The van der Waals surface area contributed by atoms with Gasteiger partial charge in [0, 0.05) is 9.35 Å². The molecule has 2 unspecified atom stereocenters. The maximum absolute atomic E-state index is 11.8. The van der Waals surface area contributed by atoms with Crippen LogP contribution in [0, 0.1) is 6.92 Å².